The van der Waals surface area contributed by atoms with Gasteiger partial charge < -0.3 is 33.8 Å². The molecule has 11 heteroatoms. The second-order valence-corrected chi connectivity index (χ2v) is 9.54. The number of rotatable bonds is 7. The van der Waals surface area contributed by atoms with Gasteiger partial charge in [0.1, 0.15) is 29.9 Å². The number of nitrogens with one attached hydrogen (secondary N) is 1. The zero-order chi connectivity index (χ0) is 24.8. The van der Waals surface area contributed by atoms with E-state index in [1.54, 1.807) is 19.3 Å². The lowest BCUT2D eigenvalue weighted by atomic mass is 9.94. The van der Waals surface area contributed by atoms with E-state index < -0.39 is 18.3 Å². The minimum atomic E-state index is -0.657. The molecule has 0 saturated carbocycles. The Kier molecular flexibility index (Phi) is 6.30. The highest BCUT2D eigenvalue weighted by Crippen LogP contribution is 2.40. The maximum atomic E-state index is 15.0. The lowest BCUT2D eigenvalue weighted by Crippen LogP contribution is -2.34. The molecule has 5 heterocycles. The number of aliphatic hydroxyl groups excluding tert-OH is 1. The summed E-state index contributed by atoms with van der Waals surface area (Å²) in [6.45, 7) is 1.29. The number of benzene rings is 1. The molecule has 9 nitrogen and oxygen atoms in total. The van der Waals surface area contributed by atoms with Crippen molar-refractivity contribution in [2.75, 3.05) is 33.5 Å². The molecule has 0 radical (unpaired) electrons. The van der Waals surface area contributed by atoms with Gasteiger partial charge in [0, 0.05) is 25.0 Å². The Hall–Kier alpha value is -2.76. The number of aromatic nitrogens is 3. The van der Waals surface area contributed by atoms with Crippen LogP contribution in [0.25, 0.3) is 17.2 Å². The summed E-state index contributed by atoms with van der Waals surface area (Å²) in [4.78, 5) is 12.1. The molecule has 190 valence electrons. The Balaban J connectivity index is 1.20. The van der Waals surface area contributed by atoms with Crippen LogP contribution < -0.4 is 9.47 Å². The third kappa shape index (κ3) is 4.33. The largest absolute Gasteiger partial charge is 0.493 e. The van der Waals surface area contributed by atoms with Crippen LogP contribution in [-0.2, 0) is 20.6 Å². The van der Waals surface area contributed by atoms with Gasteiger partial charge in [-0.05, 0) is 23.8 Å². The van der Waals surface area contributed by atoms with Crippen molar-refractivity contribution >= 4 is 28.8 Å². The van der Waals surface area contributed by atoms with Crippen LogP contribution in [0.3, 0.4) is 0 Å². The molecular formula is C25H25ClFN3O6. The summed E-state index contributed by atoms with van der Waals surface area (Å²) in [7, 11) is 1.60. The number of ether oxygens (including phenoxy) is 5. The Bertz CT molecular complexity index is 1320. The van der Waals surface area contributed by atoms with Crippen molar-refractivity contribution in [2.45, 2.75) is 36.8 Å². The molecule has 6 rings (SSSR count). The first-order chi connectivity index (χ1) is 17.5. The van der Waals surface area contributed by atoms with Crippen LogP contribution in [0.15, 0.2) is 24.3 Å². The molecule has 0 amide bonds. The predicted octanol–water partition coefficient (Wildman–Crippen LogP) is 3.03. The lowest BCUT2D eigenvalue weighted by Gasteiger charge is -2.15. The van der Waals surface area contributed by atoms with Gasteiger partial charge in [0.15, 0.2) is 11.8 Å². The second-order valence-electron chi connectivity index (χ2n) is 9.13. The number of pyridine rings is 1. The van der Waals surface area contributed by atoms with Gasteiger partial charge in [-0.2, -0.15) is 4.98 Å². The number of halogens is 2. The maximum Gasteiger partial charge on any atom is 0.296 e. The summed E-state index contributed by atoms with van der Waals surface area (Å²) in [5, 5.41) is 10.4. The second kappa shape index (κ2) is 9.60. The van der Waals surface area contributed by atoms with Gasteiger partial charge in [-0.25, -0.2) is 9.37 Å². The highest BCUT2D eigenvalue weighted by molar-refractivity contribution is 6.31. The van der Waals surface area contributed by atoms with Crippen molar-refractivity contribution < 1.29 is 33.2 Å². The fourth-order valence-electron chi connectivity index (χ4n) is 4.99. The normalized spacial score (nSPS) is 27.1. The third-order valence-electron chi connectivity index (χ3n) is 6.70. The van der Waals surface area contributed by atoms with Gasteiger partial charge in [0.2, 0.25) is 0 Å². The van der Waals surface area contributed by atoms with Crippen molar-refractivity contribution in [2.24, 2.45) is 0 Å². The minimum absolute atomic E-state index is 0.219. The average molecular weight is 518 g/mol. The topological polar surface area (TPSA) is 108 Å². The van der Waals surface area contributed by atoms with Crippen molar-refractivity contribution in [1.29, 1.82) is 0 Å². The summed E-state index contributed by atoms with van der Waals surface area (Å²) >= 11 is 6.54. The van der Waals surface area contributed by atoms with E-state index >= 15 is 4.39 Å². The third-order valence-corrected chi connectivity index (χ3v) is 7.02. The number of aromatic amines is 1. The van der Waals surface area contributed by atoms with Crippen LogP contribution in [0.1, 0.15) is 22.7 Å². The van der Waals surface area contributed by atoms with Crippen LogP contribution in [0, 0.1) is 5.82 Å². The Morgan fingerprint density at radius 3 is 2.92 bits per heavy atom. The molecule has 5 atom stereocenters. The number of H-pyrrole nitrogens is 1. The first-order valence-electron chi connectivity index (χ1n) is 11.7. The highest BCUT2D eigenvalue weighted by Gasteiger charge is 2.48. The molecule has 1 aromatic carbocycles. The van der Waals surface area contributed by atoms with Crippen LogP contribution in [0.2, 0.25) is 5.02 Å². The molecule has 2 N–H and O–H groups in total. The number of nitrogens with zero attached hydrogens (tertiary/aromatic N) is 2. The number of methoxy groups -OCH3 is 1. The molecular weight excluding hydrogens is 493 g/mol. The first kappa shape index (κ1) is 23.6. The lowest BCUT2D eigenvalue weighted by molar-refractivity contribution is 0.00706. The number of imidazole rings is 1. The van der Waals surface area contributed by atoms with Crippen LogP contribution in [0.5, 0.6) is 11.8 Å². The quantitative estimate of drug-likeness (QED) is 0.492. The van der Waals surface area contributed by atoms with E-state index in [2.05, 4.69) is 15.0 Å². The van der Waals surface area contributed by atoms with E-state index in [1.165, 1.54) is 6.07 Å². The van der Waals surface area contributed by atoms with E-state index in [-0.39, 0.29) is 30.5 Å². The molecule has 0 bridgehead atoms. The van der Waals surface area contributed by atoms with E-state index in [0.29, 0.717) is 65.0 Å². The van der Waals surface area contributed by atoms with E-state index in [0.717, 1.165) is 0 Å². The maximum absolute atomic E-state index is 15.0. The number of hydrogen-bond acceptors (Lipinski definition) is 8. The van der Waals surface area contributed by atoms with Crippen molar-refractivity contribution in [3.8, 4) is 11.8 Å². The molecule has 3 aliphatic rings. The Morgan fingerprint density at radius 1 is 1.19 bits per heavy atom. The Morgan fingerprint density at radius 2 is 2.06 bits per heavy atom. The summed E-state index contributed by atoms with van der Waals surface area (Å²) in [5.41, 5.74) is 2.88. The zero-order valence-electron chi connectivity index (χ0n) is 19.4. The minimum Gasteiger partial charge on any atom is -0.493 e. The van der Waals surface area contributed by atoms with Crippen LogP contribution in [0.4, 0.5) is 4.39 Å². The first-order valence-corrected chi connectivity index (χ1v) is 12.1. The van der Waals surface area contributed by atoms with Gasteiger partial charge in [-0.3, -0.25) is 0 Å². The number of hydrogen-bond donors (Lipinski definition) is 2. The van der Waals surface area contributed by atoms with Gasteiger partial charge in [0.05, 0.1) is 42.7 Å². The fourth-order valence-corrected chi connectivity index (χ4v) is 5.22. The summed E-state index contributed by atoms with van der Waals surface area (Å²) in [6, 6.07) is 5.32. The van der Waals surface area contributed by atoms with Crippen LogP contribution >= 0.6 is 11.6 Å². The van der Waals surface area contributed by atoms with Gasteiger partial charge in [-0.1, -0.05) is 23.8 Å². The van der Waals surface area contributed by atoms with Crippen LogP contribution in [-0.4, -0.2) is 78.0 Å². The molecule has 2 saturated heterocycles. The predicted molar refractivity (Wildman–Crippen MR) is 128 cm³/mol. The zero-order valence-corrected chi connectivity index (χ0v) is 20.2. The molecule has 3 aliphatic heterocycles. The number of aliphatic hydroxyl groups is 1. The summed E-state index contributed by atoms with van der Waals surface area (Å²) in [5.74, 6) is -0.0234. The SMILES string of the molecule is COC/C=C/c1cc(F)c2c(c1)OCC2Cc1nc2nc(O[C@@H]3CO[C@H]4[C@@H]3OC[C@H]4O)[nH]c2cc1Cl. The highest BCUT2D eigenvalue weighted by atomic mass is 35.5. The van der Waals surface area contributed by atoms with Gasteiger partial charge >= 0.3 is 0 Å². The molecule has 2 fully saturated rings. The molecule has 0 spiro atoms. The monoisotopic (exact) mass is 517 g/mol. The Labute approximate surface area is 211 Å². The summed E-state index contributed by atoms with van der Waals surface area (Å²) in [6.07, 6.45) is 2.21. The van der Waals surface area contributed by atoms with E-state index in [1.807, 2.05) is 12.1 Å². The fraction of sp³-hybridized carbons (Fsp3) is 0.440. The molecule has 0 aliphatic carbocycles. The standard InChI is InChI=1S/C25H25ClFN3O6/c1-32-4-2-3-12-5-15(27)21-13(9-33-19(21)6-12)7-16-14(26)8-17-24(28-16)30-25(29-17)36-20-11-35-22-18(31)10-34-23(20)22/h2-3,5-6,8,13,18,20,22-23,31H,4,7,9-11H2,1H3,(H,28,29,30)/b3-2+/t13?,18-,20-,22-,23-/m1/s1. The van der Waals surface area contributed by atoms with E-state index in [4.69, 9.17) is 35.3 Å². The molecule has 1 unspecified atom stereocenters. The van der Waals surface area contributed by atoms with Gasteiger partial charge in [-0.15, -0.1) is 0 Å². The molecule has 36 heavy (non-hydrogen) atoms. The van der Waals surface area contributed by atoms with Crippen molar-refractivity contribution in [3.05, 3.63) is 51.9 Å². The van der Waals surface area contributed by atoms with Crippen molar-refractivity contribution in [3.63, 3.8) is 0 Å². The molecule has 2 aromatic heterocycles. The number of fused-ring (bicyclic) bond motifs is 3. The van der Waals surface area contributed by atoms with E-state index in [9.17, 15) is 5.11 Å². The smallest absolute Gasteiger partial charge is 0.296 e. The molecule has 3 aromatic rings. The summed E-state index contributed by atoms with van der Waals surface area (Å²) < 4.78 is 43.0. The van der Waals surface area contributed by atoms with Crippen molar-refractivity contribution in [1.82, 2.24) is 15.0 Å². The van der Waals surface area contributed by atoms with Gasteiger partial charge in [0.25, 0.3) is 6.01 Å². The average Bonchev–Trinajstić information content (AvgIpc) is 3.61.